The molecule has 1 aliphatic heterocycles. The van der Waals surface area contributed by atoms with Gasteiger partial charge in [-0.2, -0.15) is 5.26 Å². The van der Waals surface area contributed by atoms with E-state index in [4.69, 9.17) is 10.00 Å². The van der Waals surface area contributed by atoms with Gasteiger partial charge in [0.15, 0.2) is 6.10 Å². The first-order valence-electron chi connectivity index (χ1n) is 5.84. The van der Waals surface area contributed by atoms with Crippen LogP contribution in [0, 0.1) is 18.3 Å². The number of nitrogens with zero attached hydrogens (tertiary/aromatic N) is 4. The topological polar surface area (TPSA) is 88.3 Å². The van der Waals surface area contributed by atoms with Gasteiger partial charge in [-0.05, 0) is 13.0 Å². The molecule has 0 N–H and O–H groups in total. The predicted octanol–water partition coefficient (Wildman–Crippen LogP) is 0.0349. The second-order valence-corrected chi connectivity index (χ2v) is 4.13. The molecule has 0 spiro atoms. The van der Waals surface area contributed by atoms with Gasteiger partial charge in [0.1, 0.15) is 11.8 Å². The standard InChI is InChI=1S/C12H14N4O3/c1-8-5-9(6-13)15-12(14-8)16-3-4-19-10(7-16)11(17)18-2/h5,10H,3-4,7H2,1-2H3. The molecular weight excluding hydrogens is 248 g/mol. The maximum Gasteiger partial charge on any atom is 0.336 e. The average Bonchev–Trinajstić information content (AvgIpc) is 2.45. The highest BCUT2D eigenvalue weighted by Gasteiger charge is 2.28. The fourth-order valence-corrected chi connectivity index (χ4v) is 1.86. The van der Waals surface area contributed by atoms with E-state index in [9.17, 15) is 4.79 Å². The highest BCUT2D eigenvalue weighted by Crippen LogP contribution is 2.15. The fraction of sp³-hybridized carbons (Fsp3) is 0.500. The molecule has 0 amide bonds. The van der Waals surface area contributed by atoms with Gasteiger partial charge in [0.25, 0.3) is 0 Å². The quantitative estimate of drug-likeness (QED) is 0.695. The number of nitriles is 1. The van der Waals surface area contributed by atoms with E-state index in [1.165, 1.54) is 7.11 Å². The smallest absolute Gasteiger partial charge is 0.336 e. The Bertz CT molecular complexity index is 526. The van der Waals surface area contributed by atoms with Crippen LogP contribution in [-0.4, -0.2) is 48.8 Å². The molecular formula is C12H14N4O3. The zero-order valence-corrected chi connectivity index (χ0v) is 10.8. The third-order valence-electron chi connectivity index (χ3n) is 2.77. The number of methoxy groups -OCH3 is 1. The summed E-state index contributed by atoms with van der Waals surface area (Å²) in [5.41, 5.74) is 1.02. The number of esters is 1. The van der Waals surface area contributed by atoms with Crippen molar-refractivity contribution in [2.24, 2.45) is 0 Å². The Balaban J connectivity index is 2.20. The van der Waals surface area contributed by atoms with E-state index in [0.717, 1.165) is 0 Å². The van der Waals surface area contributed by atoms with Crippen LogP contribution < -0.4 is 4.90 Å². The molecule has 19 heavy (non-hydrogen) atoms. The maximum absolute atomic E-state index is 11.5. The number of carbonyl (C=O) groups excluding carboxylic acids is 1. The zero-order valence-electron chi connectivity index (χ0n) is 10.8. The molecule has 2 rings (SSSR count). The summed E-state index contributed by atoms with van der Waals surface area (Å²) in [6.45, 7) is 3.08. The van der Waals surface area contributed by atoms with Crippen molar-refractivity contribution in [3.05, 3.63) is 17.5 Å². The van der Waals surface area contributed by atoms with Crippen molar-refractivity contribution in [1.82, 2.24) is 9.97 Å². The number of carbonyl (C=O) groups is 1. The van der Waals surface area contributed by atoms with Gasteiger partial charge < -0.3 is 14.4 Å². The Morgan fingerprint density at radius 3 is 3.11 bits per heavy atom. The third-order valence-corrected chi connectivity index (χ3v) is 2.77. The van der Waals surface area contributed by atoms with Crippen molar-refractivity contribution in [3.63, 3.8) is 0 Å². The molecule has 0 aliphatic carbocycles. The van der Waals surface area contributed by atoms with Crippen molar-refractivity contribution in [2.45, 2.75) is 13.0 Å². The Morgan fingerprint density at radius 2 is 2.42 bits per heavy atom. The average molecular weight is 262 g/mol. The van der Waals surface area contributed by atoms with Gasteiger partial charge in [0, 0.05) is 12.2 Å². The summed E-state index contributed by atoms with van der Waals surface area (Å²) >= 11 is 0. The summed E-state index contributed by atoms with van der Waals surface area (Å²) < 4.78 is 9.99. The van der Waals surface area contributed by atoms with Gasteiger partial charge in [-0.15, -0.1) is 0 Å². The first kappa shape index (κ1) is 13.2. The van der Waals surface area contributed by atoms with Gasteiger partial charge in [0.05, 0.1) is 20.3 Å². The molecule has 7 nitrogen and oxygen atoms in total. The number of hydrogen-bond donors (Lipinski definition) is 0. The van der Waals surface area contributed by atoms with Crippen LogP contribution in [0.25, 0.3) is 0 Å². The molecule has 7 heteroatoms. The Hall–Kier alpha value is -2.20. The minimum atomic E-state index is -0.645. The van der Waals surface area contributed by atoms with E-state index in [2.05, 4.69) is 14.7 Å². The van der Waals surface area contributed by atoms with Crippen molar-refractivity contribution >= 4 is 11.9 Å². The molecule has 1 aromatic heterocycles. The molecule has 1 aromatic rings. The maximum atomic E-state index is 11.5. The number of morpholine rings is 1. The van der Waals surface area contributed by atoms with E-state index in [0.29, 0.717) is 37.0 Å². The zero-order chi connectivity index (χ0) is 13.8. The number of aromatic nitrogens is 2. The molecule has 1 aliphatic rings. The minimum absolute atomic E-state index is 0.309. The van der Waals surface area contributed by atoms with Crippen molar-refractivity contribution in [2.75, 3.05) is 31.7 Å². The van der Waals surface area contributed by atoms with Crippen LogP contribution in [0.2, 0.25) is 0 Å². The predicted molar refractivity (Wildman–Crippen MR) is 65.5 cm³/mol. The van der Waals surface area contributed by atoms with Crippen LogP contribution in [0.5, 0.6) is 0 Å². The molecule has 0 bridgehead atoms. The molecule has 2 heterocycles. The van der Waals surface area contributed by atoms with Crippen LogP contribution in [0.3, 0.4) is 0 Å². The molecule has 0 aromatic carbocycles. The van der Waals surface area contributed by atoms with E-state index < -0.39 is 12.1 Å². The molecule has 100 valence electrons. The monoisotopic (exact) mass is 262 g/mol. The summed E-state index contributed by atoms with van der Waals surface area (Å²) in [6, 6.07) is 3.60. The van der Waals surface area contributed by atoms with Crippen LogP contribution in [-0.2, 0) is 14.3 Å². The molecule has 1 fully saturated rings. The van der Waals surface area contributed by atoms with Gasteiger partial charge in [-0.1, -0.05) is 0 Å². The van der Waals surface area contributed by atoms with Crippen molar-refractivity contribution in [1.29, 1.82) is 5.26 Å². The summed E-state index contributed by atoms with van der Waals surface area (Å²) in [5.74, 6) is 0.0200. The van der Waals surface area contributed by atoms with Crippen LogP contribution in [0.4, 0.5) is 5.95 Å². The van der Waals surface area contributed by atoms with Crippen molar-refractivity contribution in [3.8, 4) is 6.07 Å². The Kier molecular flexibility index (Phi) is 3.92. The van der Waals surface area contributed by atoms with Gasteiger partial charge >= 0.3 is 5.97 Å². The molecule has 1 atom stereocenters. The minimum Gasteiger partial charge on any atom is -0.467 e. The van der Waals surface area contributed by atoms with Gasteiger partial charge in [0.2, 0.25) is 5.95 Å². The normalized spacial score (nSPS) is 18.8. The molecule has 1 saturated heterocycles. The third kappa shape index (κ3) is 2.98. The number of anilines is 1. The molecule has 0 radical (unpaired) electrons. The number of rotatable bonds is 2. The summed E-state index contributed by atoms with van der Waals surface area (Å²) in [7, 11) is 1.32. The lowest BCUT2D eigenvalue weighted by atomic mass is 10.3. The second-order valence-electron chi connectivity index (χ2n) is 4.13. The van der Waals surface area contributed by atoms with Crippen LogP contribution in [0.15, 0.2) is 6.07 Å². The summed E-state index contributed by atoms with van der Waals surface area (Å²) in [4.78, 5) is 21.7. The SMILES string of the molecule is COC(=O)C1CN(c2nc(C)cc(C#N)n2)CCO1. The lowest BCUT2D eigenvalue weighted by Gasteiger charge is -2.31. The lowest BCUT2D eigenvalue weighted by molar-refractivity contribution is -0.154. The van der Waals surface area contributed by atoms with E-state index in [-0.39, 0.29) is 0 Å². The summed E-state index contributed by atoms with van der Waals surface area (Å²) in [5, 5.41) is 8.91. The van der Waals surface area contributed by atoms with E-state index >= 15 is 0 Å². The number of hydrogen-bond acceptors (Lipinski definition) is 7. The first-order valence-corrected chi connectivity index (χ1v) is 5.84. The van der Waals surface area contributed by atoms with Gasteiger partial charge in [-0.25, -0.2) is 14.8 Å². The lowest BCUT2D eigenvalue weighted by Crippen LogP contribution is -2.47. The van der Waals surface area contributed by atoms with Crippen LogP contribution >= 0.6 is 0 Å². The Morgan fingerprint density at radius 1 is 1.63 bits per heavy atom. The van der Waals surface area contributed by atoms with Gasteiger partial charge in [-0.3, -0.25) is 0 Å². The first-order chi connectivity index (χ1) is 9.13. The highest BCUT2D eigenvalue weighted by molar-refractivity contribution is 5.75. The largest absolute Gasteiger partial charge is 0.467 e. The summed E-state index contributed by atoms with van der Waals surface area (Å²) in [6.07, 6.45) is -0.645. The Labute approximate surface area is 110 Å². The number of aryl methyl sites for hydroxylation is 1. The van der Waals surface area contributed by atoms with Crippen LogP contribution in [0.1, 0.15) is 11.4 Å². The van der Waals surface area contributed by atoms with Crippen molar-refractivity contribution < 1.29 is 14.3 Å². The highest BCUT2D eigenvalue weighted by atomic mass is 16.6. The fourth-order valence-electron chi connectivity index (χ4n) is 1.86. The molecule has 0 saturated carbocycles. The number of ether oxygens (including phenoxy) is 2. The molecule has 1 unspecified atom stereocenters. The van der Waals surface area contributed by atoms with E-state index in [1.54, 1.807) is 13.0 Å². The van der Waals surface area contributed by atoms with E-state index in [1.807, 2.05) is 11.0 Å². The second kappa shape index (κ2) is 5.63.